The average molecular weight is 272 g/mol. The molecule has 1 atom stereocenters. The standard InChI is InChI=1S/C17H24N2O/c1-13-10-15-11-14(6-7-16(15)18-13)17(20)12-19-8-4-2-3-5-9-19/h6-7,11,13,18H,2-5,8-10,12H2,1H3. The molecule has 0 amide bonds. The van der Waals surface area contributed by atoms with Crippen LogP contribution in [-0.4, -0.2) is 36.4 Å². The first-order valence-electron chi connectivity index (χ1n) is 7.87. The normalized spacial score (nSPS) is 22.9. The van der Waals surface area contributed by atoms with Crippen molar-refractivity contribution in [2.24, 2.45) is 0 Å². The second-order valence-electron chi connectivity index (χ2n) is 6.23. The summed E-state index contributed by atoms with van der Waals surface area (Å²) < 4.78 is 0. The summed E-state index contributed by atoms with van der Waals surface area (Å²) in [6, 6.07) is 6.62. The minimum atomic E-state index is 0.272. The van der Waals surface area contributed by atoms with Gasteiger partial charge in [-0.15, -0.1) is 0 Å². The lowest BCUT2D eigenvalue weighted by Crippen LogP contribution is -2.30. The van der Waals surface area contributed by atoms with Crippen LogP contribution in [0, 0.1) is 0 Å². The maximum absolute atomic E-state index is 12.4. The van der Waals surface area contributed by atoms with Crippen LogP contribution >= 0.6 is 0 Å². The number of nitrogens with zero attached hydrogens (tertiary/aromatic N) is 1. The summed E-state index contributed by atoms with van der Waals surface area (Å²) in [4.78, 5) is 14.8. The molecule has 1 aromatic carbocycles. The fraction of sp³-hybridized carbons (Fsp3) is 0.588. The van der Waals surface area contributed by atoms with Crippen LogP contribution in [0.3, 0.4) is 0 Å². The first-order chi connectivity index (χ1) is 9.72. The van der Waals surface area contributed by atoms with Crippen LogP contribution in [-0.2, 0) is 6.42 Å². The van der Waals surface area contributed by atoms with Crippen molar-refractivity contribution in [3.8, 4) is 0 Å². The van der Waals surface area contributed by atoms with E-state index in [4.69, 9.17) is 0 Å². The summed E-state index contributed by atoms with van der Waals surface area (Å²) in [5, 5.41) is 3.43. The van der Waals surface area contributed by atoms with Crippen LogP contribution in [0.4, 0.5) is 5.69 Å². The van der Waals surface area contributed by atoms with Gasteiger partial charge in [-0.25, -0.2) is 0 Å². The molecule has 3 nitrogen and oxygen atoms in total. The Bertz CT molecular complexity index is 490. The molecule has 0 aliphatic carbocycles. The van der Waals surface area contributed by atoms with Gasteiger partial charge in [0.15, 0.2) is 5.78 Å². The third kappa shape index (κ3) is 3.04. The van der Waals surface area contributed by atoms with E-state index in [1.165, 1.54) is 36.9 Å². The lowest BCUT2D eigenvalue weighted by atomic mass is 10.0. The van der Waals surface area contributed by atoms with Gasteiger partial charge in [-0.2, -0.15) is 0 Å². The molecular formula is C17H24N2O. The number of ketones is 1. The highest BCUT2D eigenvalue weighted by Crippen LogP contribution is 2.26. The molecule has 2 heterocycles. The number of carbonyl (C=O) groups is 1. The number of hydrogen-bond donors (Lipinski definition) is 1. The third-order valence-electron chi connectivity index (χ3n) is 4.42. The first-order valence-corrected chi connectivity index (χ1v) is 7.87. The summed E-state index contributed by atoms with van der Waals surface area (Å²) >= 11 is 0. The topological polar surface area (TPSA) is 32.3 Å². The summed E-state index contributed by atoms with van der Waals surface area (Å²) in [5.74, 6) is 0.272. The molecule has 0 spiro atoms. The van der Waals surface area contributed by atoms with Crippen molar-refractivity contribution >= 4 is 11.5 Å². The summed E-state index contributed by atoms with van der Waals surface area (Å²) in [6.07, 6.45) is 6.12. The quantitative estimate of drug-likeness (QED) is 0.858. The summed E-state index contributed by atoms with van der Waals surface area (Å²) in [6.45, 7) is 4.92. The van der Waals surface area contributed by atoms with Crippen LogP contribution in [0.15, 0.2) is 18.2 Å². The van der Waals surface area contributed by atoms with E-state index in [0.29, 0.717) is 12.6 Å². The monoisotopic (exact) mass is 272 g/mol. The fourth-order valence-electron chi connectivity index (χ4n) is 3.31. The molecule has 1 saturated heterocycles. The molecular weight excluding hydrogens is 248 g/mol. The number of fused-ring (bicyclic) bond motifs is 1. The molecule has 0 radical (unpaired) electrons. The van der Waals surface area contributed by atoms with Crippen LogP contribution in [0.1, 0.15) is 48.5 Å². The Hall–Kier alpha value is -1.35. The Balaban J connectivity index is 1.66. The van der Waals surface area contributed by atoms with E-state index in [-0.39, 0.29) is 5.78 Å². The van der Waals surface area contributed by atoms with Crippen LogP contribution in [0.5, 0.6) is 0 Å². The minimum Gasteiger partial charge on any atom is -0.382 e. The van der Waals surface area contributed by atoms with E-state index >= 15 is 0 Å². The molecule has 0 aromatic heterocycles. The predicted octanol–water partition coefficient (Wildman–Crippen LogP) is 3.10. The van der Waals surface area contributed by atoms with Gasteiger partial charge in [0.25, 0.3) is 0 Å². The van der Waals surface area contributed by atoms with E-state index in [0.717, 1.165) is 25.1 Å². The number of anilines is 1. The van der Waals surface area contributed by atoms with Gasteiger partial charge >= 0.3 is 0 Å². The lowest BCUT2D eigenvalue weighted by Gasteiger charge is -2.18. The third-order valence-corrected chi connectivity index (χ3v) is 4.42. The molecule has 20 heavy (non-hydrogen) atoms. The van der Waals surface area contributed by atoms with Gasteiger partial charge < -0.3 is 5.32 Å². The molecule has 3 heteroatoms. The second-order valence-corrected chi connectivity index (χ2v) is 6.23. The zero-order chi connectivity index (χ0) is 13.9. The van der Waals surface area contributed by atoms with Crippen molar-refractivity contribution in [3.63, 3.8) is 0 Å². The van der Waals surface area contributed by atoms with Gasteiger partial charge in [-0.3, -0.25) is 9.69 Å². The SMILES string of the molecule is CC1Cc2cc(C(=O)CN3CCCCCC3)ccc2N1. The lowest BCUT2D eigenvalue weighted by molar-refractivity contribution is 0.0933. The highest BCUT2D eigenvalue weighted by atomic mass is 16.1. The Morgan fingerprint density at radius 2 is 2.00 bits per heavy atom. The number of hydrogen-bond acceptors (Lipinski definition) is 3. The molecule has 0 saturated carbocycles. The molecule has 2 aliphatic rings. The summed E-state index contributed by atoms with van der Waals surface area (Å²) in [7, 11) is 0. The highest BCUT2D eigenvalue weighted by molar-refractivity contribution is 5.98. The van der Waals surface area contributed by atoms with Gasteiger partial charge in [0, 0.05) is 17.3 Å². The first kappa shape index (κ1) is 13.6. The predicted molar refractivity (Wildman–Crippen MR) is 82.5 cm³/mol. The zero-order valence-corrected chi connectivity index (χ0v) is 12.3. The van der Waals surface area contributed by atoms with Gasteiger partial charge in [-0.05, 0) is 63.0 Å². The maximum atomic E-state index is 12.4. The maximum Gasteiger partial charge on any atom is 0.176 e. The van der Waals surface area contributed by atoms with Crippen molar-refractivity contribution in [2.45, 2.75) is 45.1 Å². The Morgan fingerprint density at radius 1 is 1.25 bits per heavy atom. The van der Waals surface area contributed by atoms with E-state index < -0.39 is 0 Å². The van der Waals surface area contributed by atoms with Crippen molar-refractivity contribution in [3.05, 3.63) is 29.3 Å². The summed E-state index contributed by atoms with van der Waals surface area (Å²) in [5.41, 5.74) is 3.37. The number of nitrogens with one attached hydrogen (secondary N) is 1. The number of carbonyl (C=O) groups excluding carboxylic acids is 1. The molecule has 3 rings (SSSR count). The van der Waals surface area contributed by atoms with Crippen molar-refractivity contribution in [1.29, 1.82) is 0 Å². The molecule has 108 valence electrons. The second kappa shape index (κ2) is 5.96. The smallest absolute Gasteiger partial charge is 0.176 e. The number of rotatable bonds is 3. The van der Waals surface area contributed by atoms with Crippen molar-refractivity contribution in [2.75, 3.05) is 25.0 Å². The van der Waals surface area contributed by atoms with Crippen LogP contribution < -0.4 is 5.32 Å². The molecule has 0 bridgehead atoms. The average Bonchev–Trinajstić information content (AvgIpc) is 2.62. The minimum absolute atomic E-state index is 0.272. The highest BCUT2D eigenvalue weighted by Gasteiger charge is 2.19. The Labute approximate surface area is 121 Å². The zero-order valence-electron chi connectivity index (χ0n) is 12.3. The van der Waals surface area contributed by atoms with Crippen LogP contribution in [0.2, 0.25) is 0 Å². The van der Waals surface area contributed by atoms with E-state index in [9.17, 15) is 4.79 Å². The molecule has 2 aliphatic heterocycles. The largest absolute Gasteiger partial charge is 0.382 e. The van der Waals surface area contributed by atoms with Gasteiger partial charge in [0.05, 0.1) is 6.54 Å². The van der Waals surface area contributed by atoms with Gasteiger partial charge in [0.2, 0.25) is 0 Å². The number of Topliss-reactive ketones (excluding diaryl/α,β-unsaturated/α-hetero) is 1. The molecule has 1 N–H and O–H groups in total. The number of benzene rings is 1. The number of likely N-dealkylation sites (tertiary alicyclic amines) is 1. The van der Waals surface area contributed by atoms with Gasteiger partial charge in [0.1, 0.15) is 0 Å². The van der Waals surface area contributed by atoms with E-state index in [1.54, 1.807) is 0 Å². The van der Waals surface area contributed by atoms with E-state index in [2.05, 4.69) is 29.3 Å². The fourth-order valence-corrected chi connectivity index (χ4v) is 3.31. The molecule has 1 fully saturated rings. The van der Waals surface area contributed by atoms with Crippen LogP contribution in [0.25, 0.3) is 0 Å². The van der Waals surface area contributed by atoms with Crippen molar-refractivity contribution < 1.29 is 4.79 Å². The van der Waals surface area contributed by atoms with Gasteiger partial charge in [-0.1, -0.05) is 12.8 Å². The molecule has 1 unspecified atom stereocenters. The Kier molecular flexibility index (Phi) is 4.06. The molecule has 1 aromatic rings. The van der Waals surface area contributed by atoms with E-state index in [1.807, 2.05) is 6.07 Å². The van der Waals surface area contributed by atoms with Crippen molar-refractivity contribution in [1.82, 2.24) is 4.90 Å². The Morgan fingerprint density at radius 3 is 2.75 bits per heavy atom.